The van der Waals surface area contributed by atoms with Crippen molar-refractivity contribution in [2.75, 3.05) is 7.11 Å². The first-order valence-corrected chi connectivity index (χ1v) is 4.19. The molecular formula is C10H12O3. The molecule has 70 valence electrons. The minimum absolute atomic E-state index is 0.113. The van der Waals surface area contributed by atoms with Crippen LogP contribution in [-0.2, 0) is 14.3 Å². The lowest BCUT2D eigenvalue weighted by molar-refractivity contribution is -0.140. The summed E-state index contributed by atoms with van der Waals surface area (Å²) in [6.07, 6.45) is 6.64. The Labute approximate surface area is 77.1 Å². The van der Waals surface area contributed by atoms with Gasteiger partial charge in [0.1, 0.15) is 0 Å². The van der Waals surface area contributed by atoms with Crippen molar-refractivity contribution in [3.63, 3.8) is 0 Å². The molecule has 1 aliphatic rings. The maximum atomic E-state index is 10.8. The number of esters is 1. The predicted molar refractivity (Wildman–Crippen MR) is 48.1 cm³/mol. The molecule has 0 heterocycles. The van der Waals surface area contributed by atoms with Gasteiger partial charge >= 0.3 is 5.97 Å². The summed E-state index contributed by atoms with van der Waals surface area (Å²) in [5, 5.41) is 0. The first-order chi connectivity index (χ1) is 6.22. The van der Waals surface area contributed by atoms with E-state index in [9.17, 15) is 9.59 Å². The number of ether oxygens (including phenoxy) is 1. The van der Waals surface area contributed by atoms with E-state index in [4.69, 9.17) is 0 Å². The lowest BCUT2D eigenvalue weighted by atomic mass is 10.0. The Balaban J connectivity index is 2.35. The van der Waals surface area contributed by atoms with Gasteiger partial charge in [-0.05, 0) is 12.5 Å². The smallest absolute Gasteiger partial charge is 0.305 e. The van der Waals surface area contributed by atoms with Crippen LogP contribution in [0.4, 0.5) is 0 Å². The number of rotatable bonds is 3. The zero-order chi connectivity index (χ0) is 9.68. The van der Waals surface area contributed by atoms with Crippen LogP contribution in [0.1, 0.15) is 19.3 Å². The molecule has 0 bridgehead atoms. The first kappa shape index (κ1) is 9.71. The molecule has 0 unspecified atom stereocenters. The molecule has 1 aliphatic carbocycles. The first-order valence-electron chi connectivity index (χ1n) is 4.19. The van der Waals surface area contributed by atoms with E-state index in [0.29, 0.717) is 19.3 Å². The van der Waals surface area contributed by atoms with Crippen LogP contribution < -0.4 is 0 Å². The van der Waals surface area contributed by atoms with Crippen LogP contribution in [0.2, 0.25) is 0 Å². The van der Waals surface area contributed by atoms with Crippen molar-refractivity contribution < 1.29 is 14.3 Å². The molecule has 0 atom stereocenters. The van der Waals surface area contributed by atoms with Gasteiger partial charge in [0, 0.05) is 12.8 Å². The number of ketones is 1. The Kier molecular flexibility index (Phi) is 3.43. The van der Waals surface area contributed by atoms with Gasteiger partial charge in [0.2, 0.25) is 0 Å². The lowest BCUT2D eigenvalue weighted by Gasteiger charge is -2.04. The summed E-state index contributed by atoms with van der Waals surface area (Å²) >= 11 is 0. The maximum Gasteiger partial charge on any atom is 0.305 e. The van der Waals surface area contributed by atoms with Crippen molar-refractivity contribution in [2.24, 2.45) is 0 Å². The molecule has 3 heteroatoms. The second-order valence-electron chi connectivity index (χ2n) is 2.86. The molecule has 0 aromatic heterocycles. The molecule has 0 radical (unpaired) electrons. The molecule has 0 fully saturated rings. The lowest BCUT2D eigenvalue weighted by Crippen LogP contribution is -2.02. The number of carbonyl (C=O) groups is 2. The van der Waals surface area contributed by atoms with Gasteiger partial charge < -0.3 is 4.74 Å². The predicted octanol–water partition coefficient (Wildman–Crippen LogP) is 1.39. The van der Waals surface area contributed by atoms with E-state index in [1.165, 1.54) is 7.11 Å². The molecule has 1 rings (SSSR count). The minimum atomic E-state index is -0.216. The monoisotopic (exact) mass is 180 g/mol. The Morgan fingerprint density at radius 3 is 2.85 bits per heavy atom. The van der Waals surface area contributed by atoms with Crippen molar-refractivity contribution in [3.05, 3.63) is 23.8 Å². The summed E-state index contributed by atoms with van der Waals surface area (Å²) in [7, 11) is 1.37. The van der Waals surface area contributed by atoms with Gasteiger partial charge in [-0.2, -0.15) is 0 Å². The van der Waals surface area contributed by atoms with E-state index in [1.54, 1.807) is 12.2 Å². The zero-order valence-corrected chi connectivity index (χ0v) is 7.58. The quantitative estimate of drug-likeness (QED) is 0.616. The standard InChI is InChI=1S/C10H12O3/c1-13-10(12)7-4-8-2-5-9(11)6-3-8/h2-3,5H,4,6-7H2,1H3. The van der Waals surface area contributed by atoms with Gasteiger partial charge in [0.25, 0.3) is 0 Å². The van der Waals surface area contributed by atoms with Crippen LogP contribution in [-0.4, -0.2) is 18.9 Å². The third kappa shape index (κ3) is 3.23. The number of allylic oxidation sites excluding steroid dienone is 4. The van der Waals surface area contributed by atoms with Crippen LogP contribution in [0, 0.1) is 0 Å². The molecule has 0 spiro atoms. The van der Waals surface area contributed by atoms with Crippen molar-refractivity contribution in [1.29, 1.82) is 0 Å². The highest BCUT2D eigenvalue weighted by Crippen LogP contribution is 2.13. The largest absolute Gasteiger partial charge is 0.469 e. The number of hydrogen-bond acceptors (Lipinski definition) is 3. The van der Waals surface area contributed by atoms with Gasteiger partial charge in [-0.1, -0.05) is 17.7 Å². The fraction of sp³-hybridized carbons (Fsp3) is 0.400. The normalized spacial score (nSPS) is 15.5. The highest BCUT2D eigenvalue weighted by Gasteiger charge is 2.05. The number of methoxy groups -OCH3 is 1. The van der Waals surface area contributed by atoms with Gasteiger partial charge in [-0.25, -0.2) is 0 Å². The van der Waals surface area contributed by atoms with Gasteiger partial charge in [-0.15, -0.1) is 0 Å². The van der Waals surface area contributed by atoms with Gasteiger partial charge in [0.05, 0.1) is 7.11 Å². The number of hydrogen-bond donors (Lipinski definition) is 0. The SMILES string of the molecule is COC(=O)CCC1=CCC(=O)C=C1. The van der Waals surface area contributed by atoms with Crippen molar-refractivity contribution >= 4 is 11.8 Å². The second-order valence-corrected chi connectivity index (χ2v) is 2.86. The van der Waals surface area contributed by atoms with Crippen LogP contribution in [0.25, 0.3) is 0 Å². The van der Waals surface area contributed by atoms with Crippen LogP contribution in [0.15, 0.2) is 23.8 Å². The Hall–Kier alpha value is -1.38. The Morgan fingerprint density at radius 1 is 1.54 bits per heavy atom. The van der Waals surface area contributed by atoms with E-state index in [-0.39, 0.29) is 11.8 Å². The average Bonchev–Trinajstić information content (AvgIpc) is 2.16. The highest BCUT2D eigenvalue weighted by atomic mass is 16.5. The summed E-state index contributed by atoms with van der Waals surface area (Å²) in [6.45, 7) is 0. The summed E-state index contributed by atoms with van der Waals surface area (Å²) in [5.74, 6) is -0.104. The summed E-state index contributed by atoms with van der Waals surface area (Å²) in [6, 6.07) is 0. The molecule has 0 aliphatic heterocycles. The van der Waals surface area contributed by atoms with Crippen LogP contribution in [0.3, 0.4) is 0 Å². The molecule has 0 saturated carbocycles. The minimum Gasteiger partial charge on any atom is -0.469 e. The fourth-order valence-electron chi connectivity index (χ4n) is 1.10. The third-order valence-electron chi connectivity index (χ3n) is 1.89. The summed E-state index contributed by atoms with van der Waals surface area (Å²) in [4.78, 5) is 21.6. The Bertz CT molecular complexity index is 274. The summed E-state index contributed by atoms with van der Waals surface area (Å²) in [5.41, 5.74) is 1.03. The molecule has 13 heavy (non-hydrogen) atoms. The van der Waals surface area contributed by atoms with Crippen LogP contribution in [0.5, 0.6) is 0 Å². The van der Waals surface area contributed by atoms with Gasteiger partial charge in [0.15, 0.2) is 5.78 Å². The molecule has 0 amide bonds. The van der Waals surface area contributed by atoms with Crippen molar-refractivity contribution in [3.8, 4) is 0 Å². The van der Waals surface area contributed by atoms with E-state index >= 15 is 0 Å². The van der Waals surface area contributed by atoms with Gasteiger partial charge in [-0.3, -0.25) is 9.59 Å². The van der Waals surface area contributed by atoms with E-state index < -0.39 is 0 Å². The topological polar surface area (TPSA) is 43.4 Å². The molecule has 0 aromatic carbocycles. The Morgan fingerprint density at radius 2 is 2.31 bits per heavy atom. The van der Waals surface area contributed by atoms with Crippen molar-refractivity contribution in [2.45, 2.75) is 19.3 Å². The second kappa shape index (κ2) is 4.60. The maximum absolute atomic E-state index is 10.8. The van der Waals surface area contributed by atoms with Crippen LogP contribution >= 0.6 is 0 Å². The van der Waals surface area contributed by atoms with E-state index in [0.717, 1.165) is 5.57 Å². The molecular weight excluding hydrogens is 168 g/mol. The highest BCUT2D eigenvalue weighted by molar-refractivity contribution is 5.92. The summed E-state index contributed by atoms with van der Waals surface area (Å²) < 4.78 is 4.51. The zero-order valence-electron chi connectivity index (χ0n) is 7.58. The van der Waals surface area contributed by atoms with E-state index in [1.807, 2.05) is 6.08 Å². The number of carbonyl (C=O) groups excluding carboxylic acids is 2. The third-order valence-corrected chi connectivity index (χ3v) is 1.89. The van der Waals surface area contributed by atoms with Crippen molar-refractivity contribution in [1.82, 2.24) is 0 Å². The molecule has 3 nitrogen and oxygen atoms in total. The molecule has 0 N–H and O–H groups in total. The van der Waals surface area contributed by atoms with E-state index in [2.05, 4.69) is 4.74 Å². The molecule has 0 aromatic rings. The molecule has 0 saturated heterocycles. The fourth-order valence-corrected chi connectivity index (χ4v) is 1.10. The average molecular weight is 180 g/mol.